The van der Waals surface area contributed by atoms with Crippen LogP contribution in [0.4, 0.5) is 0 Å². The first-order valence-corrected chi connectivity index (χ1v) is 9.68. The van der Waals surface area contributed by atoms with Gasteiger partial charge >= 0.3 is 0 Å². The Kier molecular flexibility index (Phi) is 4.93. The van der Waals surface area contributed by atoms with Crippen LogP contribution in [0.25, 0.3) is 0 Å². The van der Waals surface area contributed by atoms with Gasteiger partial charge < -0.3 is 9.32 Å². The van der Waals surface area contributed by atoms with Crippen molar-refractivity contribution in [2.45, 2.75) is 31.8 Å². The molecule has 1 amide bonds. The molecule has 1 aliphatic carbocycles. The number of nitrogens with zero attached hydrogens (tertiary/aromatic N) is 1. The van der Waals surface area contributed by atoms with E-state index in [1.165, 1.54) is 11.1 Å². The normalized spacial score (nSPS) is 16.1. The monoisotopic (exact) mass is 409 g/mol. The Morgan fingerprint density at radius 2 is 1.88 bits per heavy atom. The second-order valence-corrected chi connectivity index (χ2v) is 7.54. The Morgan fingerprint density at radius 1 is 1.08 bits per heavy atom. The average molecular weight is 410 g/mol. The number of benzene rings is 2. The molecule has 0 radical (unpaired) electrons. The summed E-state index contributed by atoms with van der Waals surface area (Å²) in [6, 6.07) is 19.9. The molecular weight excluding hydrogens is 390 g/mol. The molecule has 1 heterocycles. The summed E-state index contributed by atoms with van der Waals surface area (Å²) in [5.74, 6) is 0.842. The molecule has 132 valence electrons. The number of carbonyl (C=O) groups is 1. The second kappa shape index (κ2) is 7.50. The molecule has 1 aliphatic rings. The Bertz CT molecular complexity index is 887. The van der Waals surface area contributed by atoms with Crippen LogP contribution in [0.2, 0.25) is 0 Å². The molecule has 0 saturated heterocycles. The minimum atomic E-state index is 0.0376. The summed E-state index contributed by atoms with van der Waals surface area (Å²) in [4.78, 5) is 15.3. The molecule has 0 bridgehead atoms. The van der Waals surface area contributed by atoms with Crippen molar-refractivity contribution in [3.8, 4) is 0 Å². The number of halogens is 1. The number of rotatable bonds is 4. The van der Waals surface area contributed by atoms with E-state index in [1.807, 2.05) is 41.3 Å². The van der Waals surface area contributed by atoms with Gasteiger partial charge in [0.05, 0.1) is 18.8 Å². The van der Waals surface area contributed by atoms with E-state index in [-0.39, 0.29) is 11.9 Å². The largest absolute Gasteiger partial charge is 0.467 e. The van der Waals surface area contributed by atoms with Gasteiger partial charge in [0, 0.05) is 10.0 Å². The maximum Gasteiger partial charge on any atom is 0.254 e. The fourth-order valence-corrected chi connectivity index (χ4v) is 3.97. The minimum absolute atomic E-state index is 0.0376. The van der Waals surface area contributed by atoms with Crippen molar-refractivity contribution >= 4 is 21.8 Å². The fraction of sp³-hybridized carbons (Fsp3) is 0.227. The lowest BCUT2D eigenvalue weighted by atomic mass is 9.86. The zero-order valence-corrected chi connectivity index (χ0v) is 16.0. The predicted octanol–water partition coefficient (Wildman–Crippen LogP) is 5.76. The highest BCUT2D eigenvalue weighted by molar-refractivity contribution is 9.10. The molecule has 3 nitrogen and oxygen atoms in total. The van der Waals surface area contributed by atoms with Crippen LogP contribution in [-0.2, 0) is 13.0 Å². The molecule has 1 unspecified atom stereocenters. The number of aryl methyl sites for hydroxylation is 1. The van der Waals surface area contributed by atoms with E-state index < -0.39 is 0 Å². The molecule has 3 aromatic rings. The Morgan fingerprint density at radius 3 is 2.65 bits per heavy atom. The summed E-state index contributed by atoms with van der Waals surface area (Å²) in [5, 5.41) is 0. The van der Waals surface area contributed by atoms with E-state index in [2.05, 4.69) is 40.2 Å². The number of hydrogen-bond acceptors (Lipinski definition) is 2. The van der Waals surface area contributed by atoms with Crippen LogP contribution in [-0.4, -0.2) is 10.8 Å². The Labute approximate surface area is 161 Å². The molecule has 2 aromatic carbocycles. The van der Waals surface area contributed by atoms with Crippen molar-refractivity contribution in [1.29, 1.82) is 0 Å². The Balaban J connectivity index is 1.72. The minimum Gasteiger partial charge on any atom is -0.467 e. The van der Waals surface area contributed by atoms with Gasteiger partial charge in [0.25, 0.3) is 5.91 Å². The van der Waals surface area contributed by atoms with Crippen molar-refractivity contribution in [3.63, 3.8) is 0 Å². The van der Waals surface area contributed by atoms with Crippen LogP contribution >= 0.6 is 15.9 Å². The number of amides is 1. The number of fused-ring (bicyclic) bond motifs is 1. The van der Waals surface area contributed by atoms with Gasteiger partial charge in [0.15, 0.2) is 0 Å². The molecule has 0 fully saturated rings. The lowest BCUT2D eigenvalue weighted by molar-refractivity contribution is 0.0621. The van der Waals surface area contributed by atoms with Crippen LogP contribution in [0.15, 0.2) is 75.8 Å². The van der Waals surface area contributed by atoms with Crippen LogP contribution in [0.5, 0.6) is 0 Å². The zero-order valence-electron chi connectivity index (χ0n) is 14.4. The molecule has 26 heavy (non-hydrogen) atoms. The average Bonchev–Trinajstić information content (AvgIpc) is 3.19. The van der Waals surface area contributed by atoms with Gasteiger partial charge in [-0.3, -0.25) is 4.79 Å². The first kappa shape index (κ1) is 17.1. The van der Waals surface area contributed by atoms with E-state index in [4.69, 9.17) is 4.42 Å². The first-order chi connectivity index (χ1) is 12.7. The van der Waals surface area contributed by atoms with E-state index in [1.54, 1.807) is 6.26 Å². The number of furan rings is 1. The topological polar surface area (TPSA) is 33.5 Å². The summed E-state index contributed by atoms with van der Waals surface area (Å²) < 4.78 is 6.51. The molecule has 1 atom stereocenters. The standard InChI is InChI=1S/C22H20BrNO2/c23-18-12-10-17(11-13-18)22(25)24(15-19-7-4-14-26-19)21-9-3-6-16-5-1-2-8-20(16)21/h1-2,4-5,7-8,10-14,21H,3,6,9,15H2. The van der Waals surface area contributed by atoms with Gasteiger partial charge in [-0.25, -0.2) is 0 Å². The molecule has 4 heteroatoms. The van der Waals surface area contributed by atoms with Gasteiger partial charge in [-0.05, 0) is 66.8 Å². The summed E-state index contributed by atoms with van der Waals surface area (Å²) >= 11 is 3.44. The van der Waals surface area contributed by atoms with Crippen molar-refractivity contribution in [2.75, 3.05) is 0 Å². The van der Waals surface area contributed by atoms with E-state index in [0.717, 1.165) is 29.5 Å². The SMILES string of the molecule is O=C(c1ccc(Br)cc1)N(Cc1ccco1)C1CCCc2ccccc21. The van der Waals surface area contributed by atoms with E-state index in [0.29, 0.717) is 12.1 Å². The molecule has 0 aliphatic heterocycles. The van der Waals surface area contributed by atoms with Crippen LogP contribution in [0.1, 0.15) is 46.1 Å². The Hall–Kier alpha value is -2.33. The summed E-state index contributed by atoms with van der Waals surface area (Å²) in [6.45, 7) is 0.473. The van der Waals surface area contributed by atoms with Crippen LogP contribution in [0.3, 0.4) is 0 Å². The molecule has 4 rings (SSSR count). The summed E-state index contributed by atoms with van der Waals surface area (Å²) in [6.07, 6.45) is 4.80. The highest BCUT2D eigenvalue weighted by atomic mass is 79.9. The number of hydrogen-bond donors (Lipinski definition) is 0. The maximum absolute atomic E-state index is 13.4. The van der Waals surface area contributed by atoms with Crippen molar-refractivity contribution in [2.24, 2.45) is 0 Å². The third kappa shape index (κ3) is 3.47. The van der Waals surface area contributed by atoms with Gasteiger partial charge in [-0.1, -0.05) is 40.2 Å². The highest BCUT2D eigenvalue weighted by Crippen LogP contribution is 2.36. The molecular formula is C22H20BrNO2. The molecule has 0 spiro atoms. The smallest absolute Gasteiger partial charge is 0.254 e. The van der Waals surface area contributed by atoms with Crippen LogP contribution < -0.4 is 0 Å². The third-order valence-electron chi connectivity index (χ3n) is 4.97. The van der Waals surface area contributed by atoms with Gasteiger partial charge in [0.1, 0.15) is 5.76 Å². The third-order valence-corrected chi connectivity index (χ3v) is 5.50. The van der Waals surface area contributed by atoms with E-state index >= 15 is 0 Å². The lowest BCUT2D eigenvalue weighted by Crippen LogP contribution is -2.36. The number of carbonyl (C=O) groups excluding carboxylic acids is 1. The lowest BCUT2D eigenvalue weighted by Gasteiger charge is -2.35. The predicted molar refractivity (Wildman–Crippen MR) is 105 cm³/mol. The molecule has 0 N–H and O–H groups in total. The van der Waals surface area contributed by atoms with E-state index in [9.17, 15) is 4.79 Å². The first-order valence-electron chi connectivity index (χ1n) is 8.89. The van der Waals surface area contributed by atoms with Crippen molar-refractivity contribution < 1.29 is 9.21 Å². The summed E-state index contributed by atoms with van der Waals surface area (Å²) in [5.41, 5.74) is 3.30. The van der Waals surface area contributed by atoms with Crippen LogP contribution in [0, 0.1) is 0 Å². The highest BCUT2D eigenvalue weighted by Gasteiger charge is 2.30. The van der Waals surface area contributed by atoms with Crippen molar-refractivity contribution in [1.82, 2.24) is 4.90 Å². The second-order valence-electron chi connectivity index (χ2n) is 6.63. The molecule has 0 saturated carbocycles. The van der Waals surface area contributed by atoms with Gasteiger partial charge in [0.2, 0.25) is 0 Å². The van der Waals surface area contributed by atoms with Crippen molar-refractivity contribution in [3.05, 3.63) is 93.9 Å². The van der Waals surface area contributed by atoms with Gasteiger partial charge in [-0.2, -0.15) is 0 Å². The summed E-state index contributed by atoms with van der Waals surface area (Å²) in [7, 11) is 0. The zero-order chi connectivity index (χ0) is 17.9. The maximum atomic E-state index is 13.4. The van der Waals surface area contributed by atoms with Gasteiger partial charge in [-0.15, -0.1) is 0 Å². The molecule has 1 aromatic heterocycles. The quantitative estimate of drug-likeness (QED) is 0.548. The fourth-order valence-electron chi connectivity index (χ4n) is 3.70.